The molecule has 2 amide bonds. The van der Waals surface area contributed by atoms with E-state index in [0.29, 0.717) is 57.4 Å². The van der Waals surface area contributed by atoms with E-state index in [4.69, 9.17) is 9.47 Å². The predicted molar refractivity (Wildman–Crippen MR) is 141 cm³/mol. The predicted octanol–water partition coefficient (Wildman–Crippen LogP) is 3.97. The summed E-state index contributed by atoms with van der Waals surface area (Å²) in [7, 11) is 1.50. The van der Waals surface area contributed by atoms with E-state index in [1.54, 1.807) is 13.0 Å². The Kier molecular flexibility index (Phi) is 7.60. The highest BCUT2D eigenvalue weighted by Crippen LogP contribution is 2.37. The summed E-state index contributed by atoms with van der Waals surface area (Å²) in [6, 6.07) is 3.25. The molecule has 2 aliphatic rings. The molecule has 5 rings (SSSR count). The minimum absolute atomic E-state index is 0.00547. The SMILES string of the molecule is COCC(=O)N[C@H]1CC[C@@H](NC(=O)c2c(C)[nH]c3c(-c4cc(C)c(F)cc4OCC4CC4)ncnc23)CC1. The van der Waals surface area contributed by atoms with Crippen molar-refractivity contribution in [1.29, 1.82) is 0 Å². The number of fused-ring (bicyclic) bond motifs is 1. The molecule has 2 aromatic heterocycles. The molecule has 3 aromatic rings. The van der Waals surface area contributed by atoms with Crippen molar-refractivity contribution in [1.82, 2.24) is 25.6 Å². The van der Waals surface area contributed by atoms with Gasteiger partial charge in [0.25, 0.3) is 5.91 Å². The number of aryl methyl sites for hydroxylation is 2. The van der Waals surface area contributed by atoms with Crippen LogP contribution in [-0.2, 0) is 9.53 Å². The summed E-state index contributed by atoms with van der Waals surface area (Å²) in [6.45, 7) is 4.13. The summed E-state index contributed by atoms with van der Waals surface area (Å²) in [5.41, 5.74) is 4.00. The van der Waals surface area contributed by atoms with Crippen molar-refractivity contribution in [3.63, 3.8) is 0 Å². The van der Waals surface area contributed by atoms with E-state index in [0.717, 1.165) is 38.5 Å². The molecular formula is C28H34FN5O4. The lowest BCUT2D eigenvalue weighted by atomic mass is 9.91. The van der Waals surface area contributed by atoms with Gasteiger partial charge in [-0.3, -0.25) is 9.59 Å². The summed E-state index contributed by atoms with van der Waals surface area (Å²) in [5, 5.41) is 6.12. The largest absolute Gasteiger partial charge is 0.492 e. The van der Waals surface area contributed by atoms with E-state index >= 15 is 0 Å². The van der Waals surface area contributed by atoms with Gasteiger partial charge in [-0.25, -0.2) is 14.4 Å². The molecule has 0 unspecified atom stereocenters. The average molecular weight is 524 g/mol. The third-order valence-corrected chi connectivity index (χ3v) is 7.39. The van der Waals surface area contributed by atoms with E-state index < -0.39 is 0 Å². The van der Waals surface area contributed by atoms with Gasteiger partial charge in [-0.05, 0) is 69.9 Å². The van der Waals surface area contributed by atoms with Gasteiger partial charge in [0.2, 0.25) is 5.91 Å². The van der Waals surface area contributed by atoms with Crippen LogP contribution in [-0.4, -0.2) is 59.2 Å². The number of carbonyl (C=O) groups excluding carboxylic acids is 2. The van der Waals surface area contributed by atoms with Crippen molar-refractivity contribution in [2.75, 3.05) is 20.3 Å². The fraction of sp³-hybridized carbons (Fsp3) is 0.500. The van der Waals surface area contributed by atoms with Crippen LogP contribution in [0.15, 0.2) is 18.5 Å². The normalized spacial score (nSPS) is 19.4. The number of nitrogens with zero attached hydrogens (tertiary/aromatic N) is 2. The molecule has 2 heterocycles. The molecule has 2 fully saturated rings. The number of H-pyrrole nitrogens is 1. The van der Waals surface area contributed by atoms with Crippen LogP contribution in [0.3, 0.4) is 0 Å². The maximum Gasteiger partial charge on any atom is 0.255 e. The highest BCUT2D eigenvalue weighted by molar-refractivity contribution is 6.09. The molecule has 2 saturated carbocycles. The van der Waals surface area contributed by atoms with Crippen LogP contribution in [0.5, 0.6) is 5.75 Å². The Morgan fingerprint density at radius 1 is 1.05 bits per heavy atom. The van der Waals surface area contributed by atoms with Crippen LogP contribution in [0, 0.1) is 25.6 Å². The van der Waals surface area contributed by atoms with E-state index in [2.05, 4.69) is 25.6 Å². The standard InChI is InChI=1S/C28H34FN5O4/c1-15-10-20(22(11-21(15)29)38-12-17-4-5-17)25-27-26(31-14-30-25)24(16(2)32-27)28(36)34-19-8-6-18(7-9-19)33-23(35)13-37-3/h10-11,14,17-19,32H,4-9,12-13H2,1-3H3,(H,33,35)(H,34,36)/t18-,19+. The van der Waals surface area contributed by atoms with Gasteiger partial charge < -0.3 is 25.1 Å². The van der Waals surface area contributed by atoms with Gasteiger partial charge in [0, 0.05) is 36.5 Å². The molecule has 0 saturated heterocycles. The van der Waals surface area contributed by atoms with Crippen molar-refractivity contribution in [3.05, 3.63) is 41.1 Å². The molecule has 10 heteroatoms. The highest BCUT2D eigenvalue weighted by Gasteiger charge is 2.28. The van der Waals surface area contributed by atoms with E-state index in [9.17, 15) is 14.0 Å². The molecule has 0 aliphatic heterocycles. The zero-order valence-corrected chi connectivity index (χ0v) is 22.0. The number of rotatable bonds is 9. The third-order valence-electron chi connectivity index (χ3n) is 7.39. The molecule has 2 aliphatic carbocycles. The number of nitrogens with one attached hydrogen (secondary N) is 3. The van der Waals surface area contributed by atoms with E-state index in [-0.39, 0.29) is 36.3 Å². The Morgan fingerprint density at radius 3 is 2.45 bits per heavy atom. The number of benzene rings is 1. The molecule has 1 aromatic carbocycles. The number of carbonyl (C=O) groups is 2. The van der Waals surface area contributed by atoms with Gasteiger partial charge in [0.1, 0.15) is 35.7 Å². The molecule has 3 N–H and O–H groups in total. The summed E-state index contributed by atoms with van der Waals surface area (Å²) in [6.07, 6.45) is 6.78. The number of ether oxygens (including phenoxy) is 2. The zero-order valence-electron chi connectivity index (χ0n) is 22.0. The second-order valence-electron chi connectivity index (χ2n) is 10.4. The van der Waals surface area contributed by atoms with Gasteiger partial charge in [0.15, 0.2) is 0 Å². The summed E-state index contributed by atoms with van der Waals surface area (Å²) < 4.78 is 25.3. The lowest BCUT2D eigenvalue weighted by Crippen LogP contribution is -2.44. The van der Waals surface area contributed by atoms with Crippen molar-refractivity contribution < 1.29 is 23.5 Å². The minimum Gasteiger partial charge on any atom is -0.492 e. The van der Waals surface area contributed by atoms with Crippen LogP contribution in [0.1, 0.15) is 60.1 Å². The van der Waals surface area contributed by atoms with Crippen LogP contribution >= 0.6 is 0 Å². The molecule has 38 heavy (non-hydrogen) atoms. The fourth-order valence-electron chi connectivity index (χ4n) is 5.10. The molecular weight excluding hydrogens is 489 g/mol. The molecule has 0 atom stereocenters. The van der Waals surface area contributed by atoms with Gasteiger partial charge in [-0.1, -0.05) is 0 Å². The van der Waals surface area contributed by atoms with Gasteiger partial charge >= 0.3 is 0 Å². The van der Waals surface area contributed by atoms with Crippen LogP contribution in [0.25, 0.3) is 22.3 Å². The number of hydrogen-bond acceptors (Lipinski definition) is 6. The number of halogens is 1. The van der Waals surface area contributed by atoms with Gasteiger partial charge in [-0.2, -0.15) is 0 Å². The first-order valence-electron chi connectivity index (χ1n) is 13.2. The zero-order chi connectivity index (χ0) is 26.8. The molecule has 9 nitrogen and oxygen atoms in total. The maximum absolute atomic E-state index is 14.4. The van der Waals surface area contributed by atoms with Crippen molar-refractivity contribution in [3.8, 4) is 17.0 Å². The maximum atomic E-state index is 14.4. The van der Waals surface area contributed by atoms with Gasteiger partial charge in [-0.15, -0.1) is 0 Å². The van der Waals surface area contributed by atoms with Gasteiger partial charge in [0.05, 0.1) is 17.7 Å². The quantitative estimate of drug-likeness (QED) is 0.391. The Morgan fingerprint density at radius 2 is 1.76 bits per heavy atom. The Balaban J connectivity index is 1.36. The third kappa shape index (κ3) is 5.65. The highest BCUT2D eigenvalue weighted by atomic mass is 19.1. The lowest BCUT2D eigenvalue weighted by molar-refractivity contribution is -0.125. The smallest absolute Gasteiger partial charge is 0.255 e. The molecule has 0 radical (unpaired) electrons. The number of amides is 2. The van der Waals surface area contributed by atoms with Crippen molar-refractivity contribution >= 4 is 22.8 Å². The monoisotopic (exact) mass is 523 g/mol. The molecule has 0 bridgehead atoms. The molecule has 202 valence electrons. The first-order valence-corrected chi connectivity index (χ1v) is 13.2. The number of aromatic amines is 1. The lowest BCUT2D eigenvalue weighted by Gasteiger charge is -2.29. The van der Waals surface area contributed by atoms with Crippen LogP contribution in [0.2, 0.25) is 0 Å². The van der Waals surface area contributed by atoms with E-state index in [1.165, 1.54) is 19.5 Å². The van der Waals surface area contributed by atoms with Crippen molar-refractivity contribution in [2.24, 2.45) is 5.92 Å². The number of methoxy groups -OCH3 is 1. The Hall–Kier alpha value is -3.53. The summed E-state index contributed by atoms with van der Waals surface area (Å²) in [5.74, 6) is 0.290. The summed E-state index contributed by atoms with van der Waals surface area (Å²) >= 11 is 0. The molecule has 0 spiro atoms. The van der Waals surface area contributed by atoms with Crippen molar-refractivity contribution in [2.45, 2.75) is 64.5 Å². The Labute approximate surface area is 220 Å². The van der Waals surface area contributed by atoms with Crippen LogP contribution in [0.4, 0.5) is 4.39 Å². The Bertz CT molecular complexity index is 1340. The summed E-state index contributed by atoms with van der Waals surface area (Å²) in [4.78, 5) is 37.4. The minimum atomic E-state index is -0.333. The van der Waals surface area contributed by atoms with Crippen LogP contribution < -0.4 is 15.4 Å². The topological polar surface area (TPSA) is 118 Å². The van der Waals surface area contributed by atoms with E-state index in [1.807, 2.05) is 6.92 Å². The fourth-order valence-corrected chi connectivity index (χ4v) is 5.10. The average Bonchev–Trinajstić information content (AvgIpc) is 3.65. The first-order chi connectivity index (χ1) is 18.3. The second-order valence-corrected chi connectivity index (χ2v) is 10.4. The second kappa shape index (κ2) is 11.1. The number of hydrogen-bond donors (Lipinski definition) is 3. The first kappa shape index (κ1) is 26.1. The number of aromatic nitrogens is 3.